The predicted octanol–water partition coefficient (Wildman–Crippen LogP) is 7.89. The number of aryl methyl sites for hydroxylation is 2. The molecule has 0 aliphatic carbocycles. The van der Waals surface area contributed by atoms with Crippen molar-refractivity contribution in [2.45, 2.75) is 72.1 Å². The van der Waals surface area contributed by atoms with Crippen LogP contribution in [0.15, 0.2) is 54.3 Å². The molecular weight excluding hydrogens is 382 g/mol. The molecule has 30 heavy (non-hydrogen) atoms. The van der Waals surface area contributed by atoms with Crippen molar-refractivity contribution < 1.29 is 0 Å². The van der Waals surface area contributed by atoms with E-state index in [9.17, 15) is 0 Å². The van der Waals surface area contributed by atoms with Crippen LogP contribution in [0.1, 0.15) is 81.5 Å². The zero-order valence-electron chi connectivity index (χ0n) is 19.5. The van der Waals surface area contributed by atoms with Gasteiger partial charge in [-0.2, -0.15) is 11.8 Å². The molecule has 3 rings (SSSR count). The number of thioether (sulfide) groups is 1. The molecule has 1 unspecified atom stereocenters. The highest BCUT2D eigenvalue weighted by Crippen LogP contribution is 2.42. The molecule has 1 nitrogen and oxygen atoms in total. The summed E-state index contributed by atoms with van der Waals surface area (Å²) in [6.45, 7) is 18.5. The summed E-state index contributed by atoms with van der Waals surface area (Å²) in [5.74, 6) is 2.93. The highest BCUT2D eigenvalue weighted by atomic mass is 32.2. The van der Waals surface area contributed by atoms with Crippen molar-refractivity contribution in [2.24, 2.45) is 0 Å². The molecule has 0 fully saturated rings. The van der Waals surface area contributed by atoms with E-state index in [-0.39, 0.29) is 0 Å². The van der Waals surface area contributed by atoms with E-state index in [4.69, 9.17) is 0 Å². The van der Waals surface area contributed by atoms with Gasteiger partial charge in [0, 0.05) is 35.7 Å². The topological polar surface area (TPSA) is 3.24 Å². The van der Waals surface area contributed by atoms with Crippen LogP contribution in [0, 0.1) is 0 Å². The number of nitrogens with zero attached hydrogens (tertiary/aromatic N) is 1. The van der Waals surface area contributed by atoms with Gasteiger partial charge in [0.05, 0.1) is 0 Å². The predicted molar refractivity (Wildman–Crippen MR) is 136 cm³/mol. The van der Waals surface area contributed by atoms with Crippen LogP contribution in [-0.2, 0) is 12.8 Å². The summed E-state index contributed by atoms with van der Waals surface area (Å²) in [5.41, 5.74) is 10.8. The molecule has 2 heterocycles. The normalized spacial score (nSPS) is 17.9. The lowest BCUT2D eigenvalue weighted by molar-refractivity contribution is 0.463. The SMILES string of the molecule is C=C(C)C1=CN2CC(CSCC)c3cc(CCCCCC)c(CC)cc3C2=CC1=C. The summed E-state index contributed by atoms with van der Waals surface area (Å²) in [5, 5.41) is 0. The van der Waals surface area contributed by atoms with Crippen LogP contribution in [0.2, 0.25) is 0 Å². The standard InChI is InChI=1S/C28H39NS/c1-7-10-11-12-13-23-16-25-24(19-30-9-3)17-29-18-27(20(4)5)21(6)14-28(29)26(25)15-22(23)8-2/h14-16,18,24H,4,6-13,17,19H2,1-3,5H3. The van der Waals surface area contributed by atoms with Gasteiger partial charge in [-0.3, -0.25) is 0 Å². The van der Waals surface area contributed by atoms with Crippen molar-refractivity contribution in [3.8, 4) is 0 Å². The summed E-state index contributed by atoms with van der Waals surface area (Å²) in [7, 11) is 0. The lowest BCUT2D eigenvalue weighted by atomic mass is 9.82. The van der Waals surface area contributed by atoms with Crippen LogP contribution in [0.25, 0.3) is 5.70 Å². The number of hydrogen-bond acceptors (Lipinski definition) is 2. The Morgan fingerprint density at radius 3 is 2.60 bits per heavy atom. The molecular formula is C28H39NS. The summed E-state index contributed by atoms with van der Waals surface area (Å²) in [4.78, 5) is 2.46. The molecule has 0 N–H and O–H groups in total. The van der Waals surface area contributed by atoms with Gasteiger partial charge in [0.2, 0.25) is 0 Å². The van der Waals surface area contributed by atoms with E-state index >= 15 is 0 Å². The molecule has 1 aromatic carbocycles. The van der Waals surface area contributed by atoms with Gasteiger partial charge >= 0.3 is 0 Å². The fraction of sp³-hybridized carbons (Fsp3) is 0.500. The molecule has 0 aromatic heterocycles. The number of allylic oxidation sites excluding steroid dienone is 4. The maximum atomic E-state index is 4.33. The molecule has 0 amide bonds. The fourth-order valence-electron chi connectivity index (χ4n) is 4.71. The maximum Gasteiger partial charge on any atom is 0.0489 e. The van der Waals surface area contributed by atoms with Crippen LogP contribution in [0.4, 0.5) is 0 Å². The summed E-state index contributed by atoms with van der Waals surface area (Å²) in [6, 6.07) is 5.07. The summed E-state index contributed by atoms with van der Waals surface area (Å²) < 4.78 is 0. The van der Waals surface area contributed by atoms with Gasteiger partial charge in [0.15, 0.2) is 0 Å². The lowest BCUT2D eigenvalue weighted by Gasteiger charge is -2.39. The van der Waals surface area contributed by atoms with Crippen molar-refractivity contribution in [1.82, 2.24) is 4.90 Å². The molecule has 2 heteroatoms. The van der Waals surface area contributed by atoms with Crippen LogP contribution < -0.4 is 0 Å². The first-order chi connectivity index (χ1) is 14.5. The summed E-state index contributed by atoms with van der Waals surface area (Å²) in [6.07, 6.45) is 12.2. The monoisotopic (exact) mass is 421 g/mol. The third-order valence-corrected chi connectivity index (χ3v) is 7.47. The highest BCUT2D eigenvalue weighted by Gasteiger charge is 2.31. The van der Waals surface area contributed by atoms with E-state index in [1.54, 1.807) is 11.1 Å². The maximum absolute atomic E-state index is 4.33. The third kappa shape index (κ3) is 4.97. The van der Waals surface area contributed by atoms with Crippen molar-refractivity contribution in [3.63, 3.8) is 0 Å². The zero-order chi connectivity index (χ0) is 21.7. The van der Waals surface area contributed by atoms with Crippen LogP contribution in [0.5, 0.6) is 0 Å². The van der Waals surface area contributed by atoms with Gasteiger partial charge in [-0.1, -0.05) is 59.3 Å². The van der Waals surface area contributed by atoms with Gasteiger partial charge in [-0.05, 0) is 77.5 Å². The molecule has 0 spiro atoms. The fourth-order valence-corrected chi connectivity index (χ4v) is 5.52. The van der Waals surface area contributed by atoms with Gasteiger partial charge in [0.25, 0.3) is 0 Å². The Bertz CT molecular complexity index is 858. The Labute approximate surface area is 189 Å². The van der Waals surface area contributed by atoms with Crippen molar-refractivity contribution in [2.75, 3.05) is 18.1 Å². The van der Waals surface area contributed by atoms with Crippen molar-refractivity contribution in [1.29, 1.82) is 0 Å². The average Bonchev–Trinajstić information content (AvgIpc) is 2.74. The third-order valence-electron chi connectivity index (χ3n) is 6.42. The molecule has 1 aromatic rings. The first kappa shape index (κ1) is 23.0. The molecule has 0 saturated carbocycles. The minimum Gasteiger partial charge on any atom is -0.346 e. The molecule has 0 bridgehead atoms. The van der Waals surface area contributed by atoms with Crippen LogP contribution in [0.3, 0.4) is 0 Å². The van der Waals surface area contributed by atoms with E-state index in [0.29, 0.717) is 5.92 Å². The number of rotatable bonds is 10. The minimum atomic E-state index is 0.566. The number of benzene rings is 1. The molecule has 0 radical (unpaired) electrons. The van der Waals surface area contributed by atoms with E-state index in [1.807, 2.05) is 0 Å². The zero-order valence-corrected chi connectivity index (χ0v) is 20.3. The first-order valence-electron chi connectivity index (χ1n) is 11.8. The van der Waals surface area contributed by atoms with E-state index in [1.165, 1.54) is 66.0 Å². The van der Waals surface area contributed by atoms with Crippen LogP contribution >= 0.6 is 11.8 Å². The van der Waals surface area contributed by atoms with E-state index in [0.717, 1.165) is 24.1 Å². The van der Waals surface area contributed by atoms with Crippen molar-refractivity contribution >= 4 is 17.5 Å². The van der Waals surface area contributed by atoms with Gasteiger partial charge in [-0.25, -0.2) is 0 Å². The smallest absolute Gasteiger partial charge is 0.0489 e. The van der Waals surface area contributed by atoms with Crippen LogP contribution in [-0.4, -0.2) is 23.0 Å². The Kier molecular flexibility index (Phi) is 8.11. The molecule has 1 atom stereocenters. The highest BCUT2D eigenvalue weighted by molar-refractivity contribution is 7.99. The number of fused-ring (bicyclic) bond motifs is 3. The van der Waals surface area contributed by atoms with Gasteiger partial charge in [0.1, 0.15) is 0 Å². The molecule has 162 valence electrons. The second kappa shape index (κ2) is 10.6. The molecule has 0 saturated heterocycles. The Hall–Kier alpha value is -1.67. The first-order valence-corrected chi connectivity index (χ1v) is 12.9. The summed E-state index contributed by atoms with van der Waals surface area (Å²) >= 11 is 2.06. The quantitative estimate of drug-likeness (QED) is 0.353. The van der Waals surface area contributed by atoms with Gasteiger partial charge < -0.3 is 4.90 Å². The second-order valence-electron chi connectivity index (χ2n) is 8.76. The number of unbranched alkanes of at least 4 members (excludes halogenated alkanes) is 3. The number of hydrogen-bond donors (Lipinski definition) is 0. The van der Waals surface area contributed by atoms with Gasteiger partial charge in [-0.15, -0.1) is 0 Å². The van der Waals surface area contributed by atoms with E-state index in [2.05, 4.69) is 81.9 Å². The second-order valence-corrected chi connectivity index (χ2v) is 10.1. The van der Waals surface area contributed by atoms with E-state index < -0.39 is 0 Å². The average molecular weight is 422 g/mol. The Morgan fingerprint density at radius 2 is 1.93 bits per heavy atom. The molecule has 2 aliphatic heterocycles. The molecule has 2 aliphatic rings. The largest absolute Gasteiger partial charge is 0.346 e. The lowest BCUT2D eigenvalue weighted by Crippen LogP contribution is -2.32. The Morgan fingerprint density at radius 1 is 1.13 bits per heavy atom. The minimum absolute atomic E-state index is 0.566. The Balaban J connectivity index is 2.01. The van der Waals surface area contributed by atoms with Crippen molar-refractivity contribution in [3.05, 3.63) is 76.5 Å².